The molecule has 1 N–H and O–H groups in total. The molecule has 0 aliphatic heterocycles. The van der Waals surface area contributed by atoms with Crippen molar-refractivity contribution in [3.05, 3.63) is 26.4 Å². The Hall–Kier alpha value is -0.790. The van der Waals surface area contributed by atoms with Gasteiger partial charge in [-0.05, 0) is 54.8 Å². The quantitative estimate of drug-likeness (QED) is 0.811. The first-order valence-corrected chi connectivity index (χ1v) is 8.89. The molecule has 116 valence electrons. The molecule has 0 bridgehead atoms. The molecule has 0 amide bonds. The molecule has 2 rings (SSSR count). The molecule has 0 spiro atoms. The average molecular weight is 372 g/mol. The summed E-state index contributed by atoms with van der Waals surface area (Å²) in [4.78, 5) is 1.24. The zero-order valence-corrected chi connectivity index (χ0v) is 15.4. The van der Waals surface area contributed by atoms with Crippen molar-refractivity contribution in [3.63, 3.8) is 0 Å². The van der Waals surface area contributed by atoms with Crippen LogP contribution in [0.4, 0.5) is 0 Å². The lowest BCUT2D eigenvalue weighted by Gasteiger charge is -2.16. The highest BCUT2D eigenvalue weighted by Gasteiger charge is 2.22. The predicted octanol–water partition coefficient (Wildman–Crippen LogP) is 3.28. The molecule has 0 aliphatic carbocycles. The molecule has 7 heteroatoms. The van der Waals surface area contributed by atoms with E-state index in [0.29, 0.717) is 0 Å². The maximum Gasteiger partial charge on any atom is 0.0803 e. The van der Waals surface area contributed by atoms with Crippen LogP contribution in [-0.4, -0.2) is 26.4 Å². The van der Waals surface area contributed by atoms with Crippen molar-refractivity contribution in [2.75, 3.05) is 7.05 Å². The summed E-state index contributed by atoms with van der Waals surface area (Å²) >= 11 is 5.17. The Labute approximate surface area is 138 Å². The summed E-state index contributed by atoms with van der Waals surface area (Å²) in [6, 6.07) is 0.226. The van der Waals surface area contributed by atoms with Gasteiger partial charge in [-0.2, -0.15) is 5.10 Å². The Morgan fingerprint density at radius 1 is 1.38 bits per heavy atom. The molecule has 5 nitrogen and oxygen atoms in total. The summed E-state index contributed by atoms with van der Waals surface area (Å²) in [6.07, 6.45) is 2.95. The van der Waals surface area contributed by atoms with Crippen molar-refractivity contribution in [3.8, 4) is 0 Å². The van der Waals surface area contributed by atoms with Crippen molar-refractivity contribution >= 4 is 27.5 Å². The smallest absolute Gasteiger partial charge is 0.0803 e. The lowest BCUT2D eigenvalue weighted by atomic mass is 10.1. The molecule has 0 aliphatic rings. The Morgan fingerprint density at radius 3 is 2.76 bits per heavy atom. The van der Waals surface area contributed by atoms with E-state index >= 15 is 0 Å². The van der Waals surface area contributed by atoms with Gasteiger partial charge >= 0.3 is 0 Å². The Balaban J connectivity index is 2.29. The summed E-state index contributed by atoms with van der Waals surface area (Å²) in [5.74, 6) is 0. The number of aromatic nitrogens is 4. The molecule has 0 saturated heterocycles. The van der Waals surface area contributed by atoms with E-state index in [9.17, 15) is 0 Å². The fraction of sp³-hybridized carbons (Fsp3) is 0.643. The molecule has 2 aromatic rings. The molecular weight excluding hydrogens is 350 g/mol. The number of nitrogens with zero attached hydrogens (tertiary/aromatic N) is 4. The second-order valence-electron chi connectivity index (χ2n) is 5.04. The molecule has 2 heterocycles. The first-order valence-electron chi connectivity index (χ1n) is 7.32. The number of aryl methyl sites for hydroxylation is 3. The molecule has 0 fully saturated rings. The van der Waals surface area contributed by atoms with Gasteiger partial charge in [0.1, 0.15) is 0 Å². The van der Waals surface area contributed by atoms with Crippen LogP contribution in [0.5, 0.6) is 0 Å². The third-order valence-electron chi connectivity index (χ3n) is 3.59. The van der Waals surface area contributed by atoms with Crippen molar-refractivity contribution in [2.45, 2.75) is 52.6 Å². The summed E-state index contributed by atoms with van der Waals surface area (Å²) in [7, 11) is 1.99. The topological polar surface area (TPSA) is 55.6 Å². The van der Waals surface area contributed by atoms with Crippen LogP contribution in [-0.2, 0) is 19.4 Å². The van der Waals surface area contributed by atoms with Crippen LogP contribution >= 0.6 is 27.5 Å². The number of halogens is 1. The maximum atomic E-state index is 4.57. The van der Waals surface area contributed by atoms with Gasteiger partial charge in [-0.1, -0.05) is 17.8 Å². The van der Waals surface area contributed by atoms with Gasteiger partial charge in [-0.15, -0.1) is 5.10 Å². The van der Waals surface area contributed by atoms with Gasteiger partial charge in [0.15, 0.2) is 0 Å². The lowest BCUT2D eigenvalue weighted by molar-refractivity contribution is 0.541. The maximum absolute atomic E-state index is 4.57. The molecule has 0 saturated carbocycles. The second kappa shape index (κ2) is 7.47. The van der Waals surface area contributed by atoms with Gasteiger partial charge in [0, 0.05) is 13.0 Å². The fourth-order valence-electron chi connectivity index (χ4n) is 2.47. The van der Waals surface area contributed by atoms with E-state index in [4.69, 9.17) is 0 Å². The van der Waals surface area contributed by atoms with Crippen molar-refractivity contribution < 1.29 is 0 Å². The molecular formula is C14H22BrN5S. The van der Waals surface area contributed by atoms with Crippen LogP contribution in [0.15, 0.2) is 4.47 Å². The van der Waals surface area contributed by atoms with E-state index in [0.717, 1.165) is 41.7 Å². The molecule has 21 heavy (non-hydrogen) atoms. The molecule has 0 radical (unpaired) electrons. The summed E-state index contributed by atoms with van der Waals surface area (Å²) in [6.45, 7) is 7.20. The van der Waals surface area contributed by atoms with Crippen LogP contribution in [0.2, 0.25) is 0 Å². The minimum absolute atomic E-state index is 0.226. The number of nitrogens with one attached hydrogen (secondary N) is 1. The van der Waals surface area contributed by atoms with Crippen molar-refractivity contribution in [1.29, 1.82) is 0 Å². The van der Waals surface area contributed by atoms with Gasteiger partial charge in [0.25, 0.3) is 0 Å². The van der Waals surface area contributed by atoms with Crippen LogP contribution in [0.3, 0.4) is 0 Å². The predicted molar refractivity (Wildman–Crippen MR) is 89.7 cm³/mol. The minimum Gasteiger partial charge on any atom is -0.312 e. The highest BCUT2D eigenvalue weighted by Crippen LogP contribution is 2.29. The van der Waals surface area contributed by atoms with Gasteiger partial charge < -0.3 is 5.32 Å². The van der Waals surface area contributed by atoms with Gasteiger partial charge in [-0.3, -0.25) is 4.68 Å². The molecule has 2 aromatic heterocycles. The third-order valence-corrected chi connectivity index (χ3v) is 5.50. The monoisotopic (exact) mass is 371 g/mol. The number of hydrogen-bond acceptors (Lipinski definition) is 5. The Bertz CT molecular complexity index is 592. The first-order chi connectivity index (χ1) is 10.1. The normalized spacial score (nSPS) is 12.8. The van der Waals surface area contributed by atoms with Crippen LogP contribution in [0.1, 0.15) is 48.3 Å². The lowest BCUT2D eigenvalue weighted by Crippen LogP contribution is -2.21. The van der Waals surface area contributed by atoms with E-state index in [1.54, 1.807) is 0 Å². The van der Waals surface area contributed by atoms with Crippen molar-refractivity contribution in [1.82, 2.24) is 24.7 Å². The van der Waals surface area contributed by atoms with E-state index in [-0.39, 0.29) is 6.04 Å². The van der Waals surface area contributed by atoms with E-state index < -0.39 is 0 Å². The minimum atomic E-state index is 0.226. The van der Waals surface area contributed by atoms with Crippen LogP contribution in [0, 0.1) is 6.92 Å². The Kier molecular flexibility index (Phi) is 5.89. The SMILES string of the molecule is CCCc1nnsc1C(Cc1c(Br)c(C)nn1CC)NC. The zero-order chi connectivity index (χ0) is 15.4. The largest absolute Gasteiger partial charge is 0.312 e. The number of rotatable bonds is 7. The number of hydrogen-bond donors (Lipinski definition) is 1. The third kappa shape index (κ3) is 3.52. The number of likely N-dealkylation sites (N-methyl/N-ethyl adjacent to an activating group) is 1. The van der Waals surface area contributed by atoms with Crippen LogP contribution < -0.4 is 5.32 Å². The fourth-order valence-corrected chi connectivity index (χ4v) is 3.72. The van der Waals surface area contributed by atoms with Gasteiger partial charge in [0.05, 0.1) is 32.5 Å². The van der Waals surface area contributed by atoms with Crippen LogP contribution in [0.25, 0.3) is 0 Å². The highest BCUT2D eigenvalue weighted by atomic mass is 79.9. The summed E-state index contributed by atoms with van der Waals surface area (Å²) in [5, 5.41) is 12.3. The molecule has 0 aromatic carbocycles. The summed E-state index contributed by atoms with van der Waals surface area (Å²) in [5.41, 5.74) is 3.39. The zero-order valence-electron chi connectivity index (χ0n) is 13.0. The van der Waals surface area contributed by atoms with Crippen molar-refractivity contribution in [2.24, 2.45) is 0 Å². The van der Waals surface area contributed by atoms with Gasteiger partial charge in [-0.25, -0.2) is 0 Å². The molecule has 1 unspecified atom stereocenters. The van der Waals surface area contributed by atoms with E-state index in [1.807, 2.05) is 14.0 Å². The highest BCUT2D eigenvalue weighted by molar-refractivity contribution is 9.10. The average Bonchev–Trinajstić information content (AvgIpc) is 3.04. The Morgan fingerprint density at radius 2 is 2.14 bits per heavy atom. The standard InChI is InChI=1S/C14H22BrN5S/c1-5-7-10-14(21-19-17-10)11(16-4)8-12-13(15)9(3)18-20(12)6-2/h11,16H,5-8H2,1-4H3. The second-order valence-corrected chi connectivity index (χ2v) is 6.62. The van der Waals surface area contributed by atoms with E-state index in [2.05, 4.69) is 54.5 Å². The first kappa shape index (κ1) is 16.6. The van der Waals surface area contributed by atoms with Gasteiger partial charge in [0.2, 0.25) is 0 Å². The van der Waals surface area contributed by atoms with E-state index in [1.165, 1.54) is 22.1 Å². The summed E-state index contributed by atoms with van der Waals surface area (Å²) < 4.78 is 7.32. The molecule has 1 atom stereocenters.